The van der Waals surface area contributed by atoms with Crippen molar-refractivity contribution in [1.29, 1.82) is 0 Å². The van der Waals surface area contributed by atoms with E-state index in [2.05, 4.69) is 11.3 Å². The van der Waals surface area contributed by atoms with Crippen molar-refractivity contribution >= 4 is 20.0 Å². The van der Waals surface area contributed by atoms with Gasteiger partial charge in [-0.05, 0) is 30.0 Å². The average Bonchev–Trinajstić information content (AvgIpc) is 3.02. The maximum atomic E-state index is 12.6. The highest BCUT2D eigenvalue weighted by Gasteiger charge is 2.33. The van der Waals surface area contributed by atoms with E-state index in [9.17, 15) is 30.0 Å². The van der Waals surface area contributed by atoms with E-state index in [0.29, 0.717) is 6.42 Å². The van der Waals surface area contributed by atoms with Gasteiger partial charge in [-0.2, -0.15) is 17.5 Å². The Balaban J connectivity index is 2.03. The van der Waals surface area contributed by atoms with Crippen LogP contribution in [-0.4, -0.2) is 47.0 Å². The van der Waals surface area contributed by atoms with Crippen molar-refractivity contribution in [2.75, 3.05) is 19.6 Å². The molecular formula is C15H19F3N2O4S2. The van der Waals surface area contributed by atoms with E-state index in [1.54, 1.807) is 0 Å². The molecule has 1 aliphatic rings. The van der Waals surface area contributed by atoms with Gasteiger partial charge in [0.1, 0.15) is 0 Å². The van der Waals surface area contributed by atoms with Crippen LogP contribution < -0.4 is 4.72 Å². The normalized spacial score (nSPS) is 19.6. The third kappa shape index (κ3) is 5.53. The van der Waals surface area contributed by atoms with Gasteiger partial charge in [0.15, 0.2) is 0 Å². The summed E-state index contributed by atoms with van der Waals surface area (Å²) in [6, 6.07) is 4.60. The van der Waals surface area contributed by atoms with E-state index >= 15 is 0 Å². The van der Waals surface area contributed by atoms with Crippen LogP contribution in [0.25, 0.3) is 0 Å². The molecule has 1 heterocycles. The molecule has 2 rings (SSSR count). The van der Waals surface area contributed by atoms with E-state index in [0.717, 1.165) is 29.7 Å². The topological polar surface area (TPSA) is 83.6 Å². The van der Waals surface area contributed by atoms with E-state index in [-0.39, 0.29) is 36.0 Å². The average molecular weight is 412 g/mol. The fraction of sp³-hybridized carbons (Fsp3) is 0.467. The Hall–Kier alpha value is -1.43. The molecule has 0 spiro atoms. The van der Waals surface area contributed by atoms with Crippen LogP contribution in [0.4, 0.5) is 13.2 Å². The number of hydrogen-bond acceptors (Lipinski definition) is 4. The van der Waals surface area contributed by atoms with Crippen LogP contribution in [0.2, 0.25) is 0 Å². The first kappa shape index (κ1) is 20.9. The monoisotopic (exact) mass is 412 g/mol. The third-order valence-electron chi connectivity index (χ3n) is 4.01. The minimum absolute atomic E-state index is 0.0189. The molecule has 1 aromatic carbocycles. The number of benzene rings is 1. The Morgan fingerprint density at radius 2 is 1.81 bits per heavy atom. The van der Waals surface area contributed by atoms with Gasteiger partial charge in [0.05, 0.1) is 11.3 Å². The smallest absolute Gasteiger partial charge is 0.211 e. The Kier molecular flexibility index (Phi) is 6.16. The van der Waals surface area contributed by atoms with Gasteiger partial charge < -0.3 is 0 Å². The lowest BCUT2D eigenvalue weighted by Crippen LogP contribution is -2.32. The number of alkyl halides is 3. The van der Waals surface area contributed by atoms with E-state index in [1.807, 2.05) is 0 Å². The number of rotatable bonds is 7. The van der Waals surface area contributed by atoms with Crippen molar-refractivity contribution in [1.82, 2.24) is 9.03 Å². The highest BCUT2D eigenvalue weighted by molar-refractivity contribution is 7.92. The zero-order valence-electron chi connectivity index (χ0n) is 13.7. The molecule has 1 fully saturated rings. The summed E-state index contributed by atoms with van der Waals surface area (Å²) in [7, 11) is -7.41. The third-order valence-corrected chi connectivity index (χ3v) is 6.89. The van der Waals surface area contributed by atoms with Crippen LogP contribution in [0, 0.1) is 5.92 Å². The summed E-state index contributed by atoms with van der Waals surface area (Å²) in [5.41, 5.74) is -0.0189. The second kappa shape index (κ2) is 7.67. The number of nitrogens with one attached hydrogen (secondary N) is 1. The summed E-state index contributed by atoms with van der Waals surface area (Å²) in [6.07, 6.45) is -5.01. The summed E-state index contributed by atoms with van der Waals surface area (Å²) in [5, 5.41) is 0.777. The van der Waals surface area contributed by atoms with Gasteiger partial charge in [0.25, 0.3) is 0 Å². The van der Waals surface area contributed by atoms with Crippen molar-refractivity contribution in [2.45, 2.75) is 23.9 Å². The first-order valence-electron chi connectivity index (χ1n) is 7.71. The van der Waals surface area contributed by atoms with Crippen molar-refractivity contribution in [2.24, 2.45) is 5.92 Å². The fourth-order valence-corrected chi connectivity index (χ4v) is 4.75. The Morgan fingerprint density at radius 1 is 1.19 bits per heavy atom. The van der Waals surface area contributed by atoms with Crippen molar-refractivity contribution < 1.29 is 30.0 Å². The molecule has 1 aromatic rings. The maximum absolute atomic E-state index is 12.6. The number of halogens is 3. The van der Waals surface area contributed by atoms with Crippen molar-refractivity contribution in [3.63, 3.8) is 0 Å². The minimum Gasteiger partial charge on any atom is -0.211 e. The predicted molar refractivity (Wildman–Crippen MR) is 90.2 cm³/mol. The Morgan fingerprint density at radius 3 is 2.35 bits per heavy atom. The molecule has 0 aromatic heterocycles. The first-order valence-corrected chi connectivity index (χ1v) is 10.7. The van der Waals surface area contributed by atoms with Crippen LogP contribution in [0.1, 0.15) is 12.0 Å². The molecule has 26 heavy (non-hydrogen) atoms. The molecule has 1 N–H and O–H groups in total. The Labute approximate surface area is 150 Å². The molecule has 1 unspecified atom stereocenters. The zero-order valence-corrected chi connectivity index (χ0v) is 15.4. The summed E-state index contributed by atoms with van der Waals surface area (Å²) in [6.45, 7) is 3.61. The largest absolute Gasteiger partial charge is 0.393 e. The van der Waals surface area contributed by atoms with Crippen LogP contribution in [0.5, 0.6) is 0 Å². The second-order valence-electron chi connectivity index (χ2n) is 6.01. The molecule has 1 saturated heterocycles. The minimum atomic E-state index is -4.36. The van der Waals surface area contributed by atoms with Crippen molar-refractivity contribution in [3.05, 3.63) is 41.8 Å². The molecule has 6 nitrogen and oxygen atoms in total. The fourth-order valence-electron chi connectivity index (χ4n) is 2.63. The first-order chi connectivity index (χ1) is 11.9. The summed E-state index contributed by atoms with van der Waals surface area (Å²) in [5.74, 6) is -0.191. The molecule has 0 aliphatic carbocycles. The van der Waals surface area contributed by atoms with Gasteiger partial charge in [-0.25, -0.2) is 21.6 Å². The summed E-state index contributed by atoms with van der Waals surface area (Å²) >= 11 is 0. The molecule has 0 saturated carbocycles. The van der Waals surface area contributed by atoms with E-state index < -0.39 is 32.6 Å². The lowest BCUT2D eigenvalue weighted by Gasteiger charge is -2.17. The van der Waals surface area contributed by atoms with Gasteiger partial charge in [0, 0.05) is 25.0 Å². The summed E-state index contributed by atoms with van der Waals surface area (Å²) in [4.78, 5) is -0.0873. The predicted octanol–water partition coefficient (Wildman–Crippen LogP) is 1.86. The zero-order chi connectivity index (χ0) is 19.6. The highest BCUT2D eigenvalue weighted by Crippen LogP contribution is 2.26. The standard InChI is InChI=1S/C15H19F3N2O4S2/c1-2-25(21,22)19-10-13-7-8-20(11-13)26(23,24)14-5-3-12(4-6-14)9-15(16,17)18/h2-6,13,19H,1,7-11H2. The lowest BCUT2D eigenvalue weighted by molar-refractivity contribution is -0.127. The van der Waals surface area contributed by atoms with Gasteiger partial charge in [-0.15, -0.1) is 0 Å². The number of hydrogen-bond donors (Lipinski definition) is 1. The van der Waals surface area contributed by atoms with Crippen LogP contribution in [0.15, 0.2) is 41.1 Å². The number of sulfonamides is 2. The highest BCUT2D eigenvalue weighted by atomic mass is 32.2. The molecule has 0 amide bonds. The molecule has 0 radical (unpaired) electrons. The van der Waals surface area contributed by atoms with E-state index in [1.165, 1.54) is 4.31 Å². The second-order valence-corrected chi connectivity index (χ2v) is 9.66. The lowest BCUT2D eigenvalue weighted by atomic mass is 10.1. The molecule has 146 valence electrons. The Bertz CT molecular complexity index is 850. The van der Waals surface area contributed by atoms with Gasteiger partial charge in [-0.3, -0.25) is 0 Å². The maximum Gasteiger partial charge on any atom is 0.393 e. The summed E-state index contributed by atoms with van der Waals surface area (Å²) < 4.78 is 88.5. The molecule has 1 aliphatic heterocycles. The van der Waals surface area contributed by atoms with E-state index in [4.69, 9.17) is 0 Å². The number of nitrogens with zero attached hydrogens (tertiary/aromatic N) is 1. The molecule has 1 atom stereocenters. The molecule has 11 heteroatoms. The van der Waals surface area contributed by atoms with Crippen LogP contribution in [0.3, 0.4) is 0 Å². The van der Waals surface area contributed by atoms with Crippen LogP contribution in [-0.2, 0) is 26.5 Å². The van der Waals surface area contributed by atoms with Crippen molar-refractivity contribution in [3.8, 4) is 0 Å². The van der Waals surface area contributed by atoms with Crippen LogP contribution >= 0.6 is 0 Å². The van der Waals surface area contributed by atoms with Gasteiger partial charge in [0.2, 0.25) is 20.0 Å². The quantitative estimate of drug-likeness (QED) is 0.741. The SMILES string of the molecule is C=CS(=O)(=O)NCC1CCN(S(=O)(=O)c2ccc(CC(F)(F)F)cc2)C1. The molecule has 0 bridgehead atoms. The van der Waals surface area contributed by atoms with Gasteiger partial charge >= 0.3 is 6.18 Å². The van der Waals surface area contributed by atoms with Gasteiger partial charge in [-0.1, -0.05) is 18.7 Å². The molecular weight excluding hydrogens is 393 g/mol.